The Morgan fingerprint density at radius 2 is 1.94 bits per heavy atom. The lowest BCUT2D eigenvalue weighted by Crippen LogP contribution is -2.21. The molecule has 1 amide bonds. The molecular formula is C22H21ClN6O2. The lowest BCUT2D eigenvalue weighted by atomic mass is 10.1. The molecule has 2 aromatic heterocycles. The van der Waals surface area contributed by atoms with Gasteiger partial charge in [0.15, 0.2) is 11.9 Å². The summed E-state index contributed by atoms with van der Waals surface area (Å²) in [5.41, 5.74) is 11.6. The Balaban J connectivity index is 1.62. The van der Waals surface area contributed by atoms with E-state index in [1.165, 1.54) is 6.33 Å². The minimum atomic E-state index is -1.34. The number of aromatic nitrogens is 4. The molecule has 0 aliphatic rings. The van der Waals surface area contributed by atoms with Crippen LogP contribution in [0.1, 0.15) is 28.5 Å². The smallest absolute Gasteiger partial charge is 0.257 e. The molecule has 158 valence electrons. The van der Waals surface area contributed by atoms with E-state index in [-0.39, 0.29) is 0 Å². The first-order valence-electron chi connectivity index (χ1n) is 9.57. The fourth-order valence-electron chi connectivity index (χ4n) is 3.54. The second kappa shape index (κ2) is 7.98. The van der Waals surface area contributed by atoms with Gasteiger partial charge in [-0.05, 0) is 67.8 Å². The average molecular weight is 437 g/mol. The maximum Gasteiger partial charge on any atom is 0.257 e. The van der Waals surface area contributed by atoms with Crippen LogP contribution in [0.3, 0.4) is 0 Å². The number of rotatable bonds is 4. The van der Waals surface area contributed by atoms with Crippen molar-refractivity contribution in [3.63, 3.8) is 0 Å². The molecule has 0 spiro atoms. The van der Waals surface area contributed by atoms with Crippen LogP contribution in [-0.2, 0) is 4.79 Å². The Morgan fingerprint density at radius 1 is 1.16 bits per heavy atom. The zero-order valence-corrected chi connectivity index (χ0v) is 18.0. The second-order valence-electron chi connectivity index (χ2n) is 7.41. The van der Waals surface area contributed by atoms with Crippen LogP contribution in [0.25, 0.3) is 16.7 Å². The van der Waals surface area contributed by atoms with Gasteiger partial charge in [-0.15, -0.1) is 0 Å². The third-order valence-electron chi connectivity index (χ3n) is 4.98. The van der Waals surface area contributed by atoms with Crippen molar-refractivity contribution in [2.24, 2.45) is 0 Å². The van der Waals surface area contributed by atoms with Crippen LogP contribution in [0, 0.1) is 20.8 Å². The number of nitrogens with two attached hydrogens (primary N) is 1. The number of aliphatic hydroxyl groups excluding tert-OH is 1. The van der Waals surface area contributed by atoms with Gasteiger partial charge in [-0.1, -0.05) is 17.7 Å². The number of fused-ring (bicyclic) bond motifs is 1. The van der Waals surface area contributed by atoms with Crippen LogP contribution in [0.15, 0.2) is 42.7 Å². The molecule has 0 fully saturated rings. The highest BCUT2D eigenvalue weighted by molar-refractivity contribution is 6.30. The molecule has 0 aliphatic carbocycles. The summed E-state index contributed by atoms with van der Waals surface area (Å²) in [7, 11) is 0. The first-order valence-corrected chi connectivity index (χ1v) is 9.95. The Hall–Kier alpha value is -3.49. The predicted molar refractivity (Wildman–Crippen MR) is 120 cm³/mol. The minimum Gasteiger partial charge on any atom is -0.382 e. The summed E-state index contributed by atoms with van der Waals surface area (Å²) >= 11 is 6.04. The molecule has 2 heterocycles. The second-order valence-corrected chi connectivity index (χ2v) is 7.84. The van der Waals surface area contributed by atoms with Crippen LogP contribution < -0.4 is 11.1 Å². The summed E-state index contributed by atoms with van der Waals surface area (Å²) in [6.45, 7) is 5.60. The van der Waals surface area contributed by atoms with Gasteiger partial charge in [0.1, 0.15) is 17.4 Å². The molecule has 0 saturated carbocycles. The molecule has 1 unspecified atom stereocenters. The molecule has 2 aromatic carbocycles. The fraction of sp³-hybridized carbons (Fsp3) is 0.182. The quantitative estimate of drug-likeness (QED) is 0.449. The molecule has 0 radical (unpaired) electrons. The fourth-order valence-corrected chi connectivity index (χ4v) is 3.84. The van der Waals surface area contributed by atoms with Crippen LogP contribution in [0.4, 0.5) is 11.5 Å². The molecule has 8 nitrogen and oxygen atoms in total. The molecular weight excluding hydrogens is 416 g/mol. The number of aliphatic hydroxyl groups is 1. The van der Waals surface area contributed by atoms with Crippen molar-refractivity contribution >= 4 is 40.0 Å². The number of nitrogen functional groups attached to an aromatic ring is 1. The number of benzene rings is 2. The van der Waals surface area contributed by atoms with E-state index >= 15 is 0 Å². The van der Waals surface area contributed by atoms with Crippen LogP contribution >= 0.6 is 11.6 Å². The summed E-state index contributed by atoms with van der Waals surface area (Å²) < 4.78 is 1.70. The van der Waals surface area contributed by atoms with Gasteiger partial charge >= 0.3 is 0 Å². The number of carbonyl (C=O) groups is 1. The molecule has 4 N–H and O–H groups in total. The molecule has 0 aliphatic heterocycles. The number of nitrogens with one attached hydrogen (secondary N) is 1. The van der Waals surface area contributed by atoms with Crippen molar-refractivity contribution in [1.29, 1.82) is 0 Å². The Labute approximate surface area is 183 Å². The summed E-state index contributed by atoms with van der Waals surface area (Å²) in [6, 6.07) is 10.4. The van der Waals surface area contributed by atoms with Crippen molar-refractivity contribution < 1.29 is 9.90 Å². The average Bonchev–Trinajstić information content (AvgIpc) is 3.04. The molecule has 1 atom stereocenters. The number of nitrogens with zero attached hydrogens (tertiary/aromatic N) is 4. The van der Waals surface area contributed by atoms with Gasteiger partial charge in [0.25, 0.3) is 5.91 Å². The topological polar surface area (TPSA) is 119 Å². The van der Waals surface area contributed by atoms with E-state index < -0.39 is 12.0 Å². The standard InChI is InChI=1S/C22H21ClN6O2/c1-11-6-14(9-15(23)7-11)20(30)22(31)27-16-4-5-17(12(2)8-16)29-19-18(13(3)28-29)25-10-26-21(19)24/h4-10,20,30H,1-3H3,(H,27,31)(H2,24,25,26). The summed E-state index contributed by atoms with van der Waals surface area (Å²) in [5, 5.41) is 18.2. The van der Waals surface area contributed by atoms with E-state index in [1.807, 2.05) is 26.8 Å². The van der Waals surface area contributed by atoms with Gasteiger partial charge in [-0.3, -0.25) is 4.79 Å². The van der Waals surface area contributed by atoms with Gasteiger partial charge < -0.3 is 16.2 Å². The molecule has 31 heavy (non-hydrogen) atoms. The third kappa shape index (κ3) is 3.95. The van der Waals surface area contributed by atoms with Crippen molar-refractivity contribution in [3.05, 3.63) is 70.1 Å². The number of halogens is 1. The lowest BCUT2D eigenvalue weighted by molar-refractivity contribution is -0.124. The number of carbonyl (C=O) groups excluding carboxylic acids is 1. The highest BCUT2D eigenvalue weighted by Crippen LogP contribution is 2.27. The van der Waals surface area contributed by atoms with Crippen LogP contribution in [0.5, 0.6) is 0 Å². The first-order chi connectivity index (χ1) is 14.7. The van der Waals surface area contributed by atoms with E-state index in [0.717, 1.165) is 22.5 Å². The predicted octanol–water partition coefficient (Wildman–Crippen LogP) is 3.65. The van der Waals surface area contributed by atoms with Crippen molar-refractivity contribution in [2.75, 3.05) is 11.1 Å². The van der Waals surface area contributed by atoms with Crippen LogP contribution in [-0.4, -0.2) is 30.8 Å². The lowest BCUT2D eigenvalue weighted by Gasteiger charge is -2.14. The van der Waals surface area contributed by atoms with E-state index in [2.05, 4.69) is 20.4 Å². The van der Waals surface area contributed by atoms with Crippen molar-refractivity contribution in [1.82, 2.24) is 19.7 Å². The number of aryl methyl sites for hydroxylation is 3. The number of hydrogen-bond acceptors (Lipinski definition) is 6. The normalized spacial score (nSPS) is 12.2. The number of amides is 1. The van der Waals surface area contributed by atoms with Crippen molar-refractivity contribution in [2.45, 2.75) is 26.9 Å². The summed E-state index contributed by atoms with van der Waals surface area (Å²) in [4.78, 5) is 20.9. The Kier molecular flexibility index (Phi) is 5.34. The molecule has 0 saturated heterocycles. The third-order valence-corrected chi connectivity index (χ3v) is 5.19. The Bertz CT molecular complexity index is 1300. The largest absolute Gasteiger partial charge is 0.382 e. The zero-order chi connectivity index (χ0) is 22.3. The van der Waals surface area contributed by atoms with E-state index in [0.29, 0.717) is 33.1 Å². The molecule has 0 bridgehead atoms. The number of anilines is 2. The molecule has 9 heteroatoms. The minimum absolute atomic E-state index is 0.335. The SMILES string of the molecule is Cc1cc(Cl)cc(C(O)C(=O)Nc2ccc(-n3nc(C)c4ncnc(N)c43)c(C)c2)c1. The van der Waals surface area contributed by atoms with Gasteiger partial charge in [-0.25, -0.2) is 14.6 Å². The zero-order valence-electron chi connectivity index (χ0n) is 17.2. The van der Waals surface area contributed by atoms with Gasteiger partial charge in [0.05, 0.1) is 11.4 Å². The monoisotopic (exact) mass is 436 g/mol. The molecule has 4 rings (SSSR count). The van der Waals surface area contributed by atoms with Crippen LogP contribution in [0.2, 0.25) is 5.02 Å². The van der Waals surface area contributed by atoms with E-state index in [9.17, 15) is 9.90 Å². The summed E-state index contributed by atoms with van der Waals surface area (Å²) in [5.74, 6) is -0.214. The van der Waals surface area contributed by atoms with Crippen molar-refractivity contribution in [3.8, 4) is 5.69 Å². The highest BCUT2D eigenvalue weighted by Gasteiger charge is 2.19. The van der Waals surface area contributed by atoms with E-state index in [1.54, 1.807) is 35.0 Å². The maximum absolute atomic E-state index is 12.6. The highest BCUT2D eigenvalue weighted by atomic mass is 35.5. The van der Waals surface area contributed by atoms with E-state index in [4.69, 9.17) is 17.3 Å². The number of hydrogen-bond donors (Lipinski definition) is 3. The van der Waals surface area contributed by atoms with Gasteiger partial charge in [-0.2, -0.15) is 5.10 Å². The summed E-state index contributed by atoms with van der Waals surface area (Å²) in [6.07, 6.45) is 0.0709. The first kappa shape index (κ1) is 20.8. The molecule has 4 aromatic rings. The van der Waals surface area contributed by atoms with Gasteiger partial charge in [0, 0.05) is 10.7 Å². The maximum atomic E-state index is 12.6. The Morgan fingerprint density at radius 3 is 2.65 bits per heavy atom. The van der Waals surface area contributed by atoms with Gasteiger partial charge in [0.2, 0.25) is 0 Å².